The Labute approximate surface area is 182 Å². The maximum atomic E-state index is 10.7. The summed E-state index contributed by atoms with van der Waals surface area (Å²) in [5.74, 6) is 0. The van der Waals surface area contributed by atoms with Crippen molar-refractivity contribution in [2.75, 3.05) is 50.4 Å². The molecule has 0 unspecified atom stereocenters. The predicted molar refractivity (Wildman–Crippen MR) is 123 cm³/mol. The van der Waals surface area contributed by atoms with E-state index in [0.29, 0.717) is 0 Å². The van der Waals surface area contributed by atoms with Crippen LogP contribution in [-0.2, 0) is 0 Å². The third-order valence-corrected chi connectivity index (χ3v) is 5.13. The van der Waals surface area contributed by atoms with Gasteiger partial charge in [0.15, 0.2) is 0 Å². The van der Waals surface area contributed by atoms with Crippen LogP contribution >= 0.6 is 0 Å². The Morgan fingerprint density at radius 3 is 1.55 bits per heavy atom. The second kappa shape index (κ2) is 11.7. The second-order valence-electron chi connectivity index (χ2n) is 7.71. The molecule has 0 radical (unpaired) electrons. The Morgan fingerprint density at radius 2 is 1.23 bits per heavy atom. The fraction of sp³-hybridized carbons (Fsp3) is 0.364. The van der Waals surface area contributed by atoms with Gasteiger partial charge in [-0.25, -0.2) is 0 Å². The number of nitro groups is 2. The number of nitro benzene ring substituents is 2. The number of hydrogen-bond donors (Lipinski definition) is 2. The maximum absolute atomic E-state index is 10.7. The van der Waals surface area contributed by atoms with E-state index in [1.54, 1.807) is 24.3 Å². The average Bonchev–Trinajstić information content (AvgIpc) is 2.75. The van der Waals surface area contributed by atoms with Gasteiger partial charge in [-0.1, -0.05) is 6.58 Å². The van der Waals surface area contributed by atoms with Crippen molar-refractivity contribution in [3.05, 3.63) is 81.4 Å². The van der Waals surface area contributed by atoms with Crippen molar-refractivity contribution in [2.45, 2.75) is 12.8 Å². The van der Waals surface area contributed by atoms with Gasteiger partial charge in [0.05, 0.1) is 36.5 Å². The average molecular weight is 429 g/mol. The topological polar surface area (TPSA) is 110 Å². The lowest BCUT2D eigenvalue weighted by atomic mass is 10.2. The standard InChI is InChI=1S/C22H30N5O4/c1-3-16-27(2,17-4-14-23-19-6-10-21(11-7-19)25(28)29)18-5-15-24-20-8-12-22(13-9-20)26(30)31/h3,6-13,23-24H,1,4-5,14-18H2,2H3/q+1. The van der Waals surface area contributed by atoms with Crippen LogP contribution in [0, 0.1) is 20.2 Å². The molecule has 9 heteroatoms. The highest BCUT2D eigenvalue weighted by atomic mass is 16.6. The first-order valence-corrected chi connectivity index (χ1v) is 10.2. The first-order chi connectivity index (χ1) is 14.8. The van der Waals surface area contributed by atoms with Crippen LogP contribution in [0.5, 0.6) is 0 Å². The molecule has 2 aromatic rings. The predicted octanol–water partition coefficient (Wildman–Crippen LogP) is 4.44. The lowest BCUT2D eigenvalue weighted by Gasteiger charge is -2.34. The third kappa shape index (κ3) is 8.06. The van der Waals surface area contributed by atoms with Crippen LogP contribution in [0.4, 0.5) is 22.7 Å². The molecule has 9 nitrogen and oxygen atoms in total. The first-order valence-electron chi connectivity index (χ1n) is 10.2. The molecule has 0 aliphatic carbocycles. The van der Waals surface area contributed by atoms with Crippen molar-refractivity contribution in [1.29, 1.82) is 0 Å². The number of nitrogens with zero attached hydrogens (tertiary/aromatic N) is 3. The zero-order chi connectivity index (χ0) is 22.7. The molecule has 0 aliphatic heterocycles. The van der Waals surface area contributed by atoms with Crippen LogP contribution in [0.15, 0.2) is 61.2 Å². The molecule has 0 spiro atoms. The van der Waals surface area contributed by atoms with E-state index in [1.165, 1.54) is 24.3 Å². The van der Waals surface area contributed by atoms with E-state index in [0.717, 1.165) is 61.4 Å². The van der Waals surface area contributed by atoms with E-state index in [-0.39, 0.29) is 11.4 Å². The van der Waals surface area contributed by atoms with Gasteiger partial charge in [-0.3, -0.25) is 20.2 Å². The van der Waals surface area contributed by atoms with E-state index in [1.807, 2.05) is 6.08 Å². The molecule has 2 rings (SSSR count). The van der Waals surface area contributed by atoms with Crippen molar-refractivity contribution in [2.24, 2.45) is 0 Å². The van der Waals surface area contributed by atoms with Crippen LogP contribution in [0.1, 0.15) is 12.8 Å². The van der Waals surface area contributed by atoms with Crippen LogP contribution in [0.2, 0.25) is 0 Å². The van der Waals surface area contributed by atoms with Gasteiger partial charge in [0.1, 0.15) is 0 Å². The molecule has 0 aromatic heterocycles. The molecule has 0 bridgehead atoms. The SMILES string of the molecule is C=CC[N+](C)(CCCNc1ccc([N+](=O)[O-])cc1)CCCNc1ccc([N+](=O)[O-])cc1. The molecule has 0 aliphatic rings. The second-order valence-corrected chi connectivity index (χ2v) is 7.71. The van der Waals surface area contributed by atoms with E-state index in [9.17, 15) is 20.2 Å². The van der Waals surface area contributed by atoms with E-state index in [2.05, 4.69) is 24.3 Å². The number of nitrogens with one attached hydrogen (secondary N) is 2. The highest BCUT2D eigenvalue weighted by Crippen LogP contribution is 2.17. The molecule has 31 heavy (non-hydrogen) atoms. The van der Waals surface area contributed by atoms with Gasteiger partial charge in [0, 0.05) is 61.6 Å². The molecule has 0 amide bonds. The van der Waals surface area contributed by atoms with Gasteiger partial charge in [-0.2, -0.15) is 0 Å². The highest BCUT2D eigenvalue weighted by molar-refractivity contribution is 5.49. The minimum Gasteiger partial charge on any atom is -0.385 e. The Balaban J connectivity index is 1.73. The third-order valence-electron chi connectivity index (χ3n) is 5.13. The zero-order valence-electron chi connectivity index (χ0n) is 17.8. The Hall–Kier alpha value is -3.46. The molecule has 2 aromatic carbocycles. The van der Waals surface area contributed by atoms with Gasteiger partial charge >= 0.3 is 0 Å². The number of rotatable bonds is 14. The van der Waals surface area contributed by atoms with Crippen molar-refractivity contribution in [1.82, 2.24) is 0 Å². The first kappa shape index (κ1) is 23.8. The van der Waals surface area contributed by atoms with Gasteiger partial charge in [0.2, 0.25) is 0 Å². The van der Waals surface area contributed by atoms with Crippen molar-refractivity contribution in [3.63, 3.8) is 0 Å². The zero-order valence-corrected chi connectivity index (χ0v) is 17.8. The maximum Gasteiger partial charge on any atom is 0.269 e. The Kier molecular flexibility index (Phi) is 8.95. The molecule has 166 valence electrons. The summed E-state index contributed by atoms with van der Waals surface area (Å²) in [4.78, 5) is 20.6. The van der Waals surface area contributed by atoms with Gasteiger partial charge in [-0.05, 0) is 30.3 Å². The molecular weight excluding hydrogens is 398 g/mol. The molecule has 0 atom stereocenters. The normalized spacial score (nSPS) is 11.0. The smallest absolute Gasteiger partial charge is 0.269 e. The summed E-state index contributed by atoms with van der Waals surface area (Å²) in [7, 11) is 2.21. The van der Waals surface area contributed by atoms with Crippen LogP contribution in [0.3, 0.4) is 0 Å². The lowest BCUT2D eigenvalue weighted by molar-refractivity contribution is -0.904. The molecule has 2 N–H and O–H groups in total. The van der Waals surface area contributed by atoms with E-state index < -0.39 is 9.85 Å². The van der Waals surface area contributed by atoms with E-state index >= 15 is 0 Å². The summed E-state index contributed by atoms with van der Waals surface area (Å²) >= 11 is 0. The monoisotopic (exact) mass is 428 g/mol. The number of non-ortho nitro benzene ring substituents is 2. The van der Waals surface area contributed by atoms with Gasteiger partial charge in [0.25, 0.3) is 11.4 Å². The summed E-state index contributed by atoms with van der Waals surface area (Å²) in [5, 5.41) is 28.1. The molecule has 0 saturated heterocycles. The lowest BCUT2D eigenvalue weighted by Crippen LogP contribution is -2.46. The minimum absolute atomic E-state index is 0.0862. The van der Waals surface area contributed by atoms with Crippen molar-refractivity contribution < 1.29 is 14.3 Å². The number of hydrogen-bond acceptors (Lipinski definition) is 6. The number of benzene rings is 2. The highest BCUT2D eigenvalue weighted by Gasteiger charge is 2.19. The number of quaternary nitrogens is 1. The van der Waals surface area contributed by atoms with Crippen LogP contribution in [0.25, 0.3) is 0 Å². The summed E-state index contributed by atoms with van der Waals surface area (Å²) in [6.45, 7) is 8.27. The van der Waals surface area contributed by atoms with Crippen LogP contribution in [-0.4, -0.2) is 54.1 Å². The largest absolute Gasteiger partial charge is 0.385 e. The number of likely N-dealkylation sites (N-methyl/N-ethyl adjacent to an activating group) is 1. The fourth-order valence-corrected chi connectivity index (χ4v) is 3.40. The summed E-state index contributed by atoms with van der Waals surface area (Å²) in [5.41, 5.74) is 1.91. The molecule has 0 saturated carbocycles. The molecular formula is C22H30N5O4+. The molecule has 0 heterocycles. The minimum atomic E-state index is -0.404. The Bertz CT molecular complexity index is 803. The number of anilines is 2. The fourth-order valence-electron chi connectivity index (χ4n) is 3.40. The Morgan fingerprint density at radius 1 is 0.839 bits per heavy atom. The van der Waals surface area contributed by atoms with Crippen molar-refractivity contribution >= 4 is 22.7 Å². The van der Waals surface area contributed by atoms with Gasteiger partial charge < -0.3 is 15.1 Å². The summed E-state index contributed by atoms with van der Waals surface area (Å²) in [6, 6.07) is 12.9. The quantitative estimate of drug-likeness (QED) is 0.151. The summed E-state index contributed by atoms with van der Waals surface area (Å²) < 4.78 is 0.868. The van der Waals surface area contributed by atoms with E-state index in [4.69, 9.17) is 0 Å². The van der Waals surface area contributed by atoms with Crippen molar-refractivity contribution in [3.8, 4) is 0 Å². The van der Waals surface area contributed by atoms with Crippen LogP contribution < -0.4 is 10.6 Å². The van der Waals surface area contributed by atoms with Gasteiger partial charge in [-0.15, -0.1) is 0 Å². The molecule has 0 fully saturated rings. The summed E-state index contributed by atoms with van der Waals surface area (Å²) in [6.07, 6.45) is 3.85.